The number of hydrogen-bond donors (Lipinski definition) is 0. The van der Waals surface area contributed by atoms with Crippen molar-refractivity contribution in [2.75, 3.05) is 31.1 Å². The number of amides is 1. The predicted molar refractivity (Wildman–Crippen MR) is 97.7 cm³/mol. The van der Waals surface area contributed by atoms with Gasteiger partial charge in [0.15, 0.2) is 5.65 Å². The summed E-state index contributed by atoms with van der Waals surface area (Å²) >= 11 is 3.47. The average Bonchev–Trinajstić information content (AvgIpc) is 3.18. The van der Waals surface area contributed by atoms with Crippen LogP contribution in [-0.4, -0.2) is 57.4 Å². The number of imidazole rings is 1. The van der Waals surface area contributed by atoms with Crippen molar-refractivity contribution in [2.24, 2.45) is 11.8 Å². The van der Waals surface area contributed by atoms with Gasteiger partial charge in [-0.3, -0.25) is 0 Å². The smallest absolute Gasteiger partial charge is 0.410 e. The Balaban J connectivity index is 1.43. The Morgan fingerprint density at radius 3 is 2.52 bits per heavy atom. The highest BCUT2D eigenvalue weighted by atomic mass is 79.9. The molecule has 0 bridgehead atoms. The number of aromatic nitrogens is 3. The van der Waals surface area contributed by atoms with Crippen molar-refractivity contribution in [3.05, 3.63) is 22.9 Å². The Morgan fingerprint density at radius 1 is 1.20 bits per heavy atom. The third-order valence-electron chi connectivity index (χ3n) is 4.77. The van der Waals surface area contributed by atoms with Gasteiger partial charge in [-0.05, 0) is 48.8 Å². The fourth-order valence-corrected chi connectivity index (χ4v) is 4.02. The molecule has 134 valence electrons. The van der Waals surface area contributed by atoms with Gasteiger partial charge in [-0.1, -0.05) is 0 Å². The predicted octanol–water partition coefficient (Wildman–Crippen LogP) is 2.79. The van der Waals surface area contributed by atoms with E-state index in [2.05, 4.69) is 30.9 Å². The Morgan fingerprint density at radius 2 is 1.88 bits per heavy atom. The molecule has 2 aliphatic heterocycles. The van der Waals surface area contributed by atoms with Crippen molar-refractivity contribution in [2.45, 2.75) is 26.4 Å². The standard InChI is InChI=1S/C17H22BrN5O2/c1-17(2,3)25-16(24)22-9-11-7-21(8-12(11)10-22)15-5-4-14-19-6-13(18)23(14)20-15/h4-6,11-12H,7-10H2,1-3H3/t11-,12+. The van der Waals surface area contributed by atoms with Gasteiger partial charge in [0.05, 0.1) is 6.20 Å². The van der Waals surface area contributed by atoms with Gasteiger partial charge in [0, 0.05) is 38.0 Å². The molecular weight excluding hydrogens is 386 g/mol. The molecule has 0 N–H and O–H groups in total. The first-order valence-electron chi connectivity index (χ1n) is 8.53. The van der Waals surface area contributed by atoms with Crippen molar-refractivity contribution in [3.8, 4) is 0 Å². The highest BCUT2D eigenvalue weighted by Crippen LogP contribution is 2.34. The number of carbonyl (C=O) groups excluding carboxylic acids is 1. The van der Waals surface area contributed by atoms with Crippen LogP contribution in [0.5, 0.6) is 0 Å². The fraction of sp³-hybridized carbons (Fsp3) is 0.588. The van der Waals surface area contributed by atoms with Crippen LogP contribution >= 0.6 is 15.9 Å². The van der Waals surface area contributed by atoms with E-state index in [-0.39, 0.29) is 6.09 Å². The number of likely N-dealkylation sites (tertiary alicyclic amines) is 1. The second kappa shape index (κ2) is 5.86. The summed E-state index contributed by atoms with van der Waals surface area (Å²) in [6.45, 7) is 9.04. The molecular formula is C17H22BrN5O2. The van der Waals surface area contributed by atoms with E-state index in [0.717, 1.165) is 42.2 Å². The van der Waals surface area contributed by atoms with Crippen molar-refractivity contribution in [1.29, 1.82) is 0 Å². The summed E-state index contributed by atoms with van der Waals surface area (Å²) in [5.41, 5.74) is 0.379. The number of rotatable bonds is 1. The lowest BCUT2D eigenvalue weighted by molar-refractivity contribution is 0.0282. The van der Waals surface area contributed by atoms with Crippen LogP contribution in [0.15, 0.2) is 22.9 Å². The summed E-state index contributed by atoms with van der Waals surface area (Å²) in [5, 5.41) is 4.67. The lowest BCUT2D eigenvalue weighted by atomic mass is 10.0. The van der Waals surface area contributed by atoms with Gasteiger partial charge >= 0.3 is 6.09 Å². The highest BCUT2D eigenvalue weighted by molar-refractivity contribution is 9.10. The quantitative estimate of drug-likeness (QED) is 0.726. The van der Waals surface area contributed by atoms with Crippen molar-refractivity contribution >= 4 is 33.5 Å². The molecule has 0 aliphatic carbocycles. The van der Waals surface area contributed by atoms with E-state index in [9.17, 15) is 4.79 Å². The minimum absolute atomic E-state index is 0.199. The summed E-state index contributed by atoms with van der Waals surface area (Å²) in [6.07, 6.45) is 1.55. The molecule has 25 heavy (non-hydrogen) atoms. The molecule has 0 saturated carbocycles. The van der Waals surface area contributed by atoms with Crippen LogP contribution in [0.3, 0.4) is 0 Å². The number of hydrogen-bond acceptors (Lipinski definition) is 5. The van der Waals surface area contributed by atoms with E-state index >= 15 is 0 Å². The molecule has 4 rings (SSSR count). The van der Waals surface area contributed by atoms with Crippen LogP contribution in [0.25, 0.3) is 5.65 Å². The minimum atomic E-state index is -0.446. The van der Waals surface area contributed by atoms with E-state index in [4.69, 9.17) is 4.74 Å². The first kappa shape index (κ1) is 16.6. The minimum Gasteiger partial charge on any atom is -0.444 e. The molecule has 0 radical (unpaired) electrons. The first-order chi connectivity index (χ1) is 11.8. The van der Waals surface area contributed by atoms with Crippen LogP contribution in [0.2, 0.25) is 0 Å². The fourth-order valence-electron chi connectivity index (χ4n) is 3.66. The Bertz CT molecular complexity index is 801. The van der Waals surface area contributed by atoms with Gasteiger partial charge in [-0.25, -0.2) is 14.3 Å². The molecule has 2 aliphatic rings. The largest absolute Gasteiger partial charge is 0.444 e. The maximum Gasteiger partial charge on any atom is 0.410 e. The number of carbonyl (C=O) groups is 1. The van der Waals surface area contributed by atoms with Crippen molar-refractivity contribution in [1.82, 2.24) is 19.5 Å². The molecule has 2 saturated heterocycles. The van der Waals surface area contributed by atoms with Gasteiger partial charge in [-0.15, -0.1) is 5.10 Å². The van der Waals surface area contributed by atoms with Crippen LogP contribution in [0, 0.1) is 11.8 Å². The van der Waals surface area contributed by atoms with Gasteiger partial charge in [0.1, 0.15) is 16.0 Å². The van der Waals surface area contributed by atoms with Crippen LogP contribution in [0.4, 0.5) is 10.6 Å². The lowest BCUT2D eigenvalue weighted by Gasteiger charge is -2.26. The van der Waals surface area contributed by atoms with E-state index in [0.29, 0.717) is 11.8 Å². The molecule has 2 fully saturated rings. The summed E-state index contributed by atoms with van der Waals surface area (Å²) < 4.78 is 8.15. The maximum atomic E-state index is 12.3. The molecule has 4 heterocycles. The SMILES string of the molecule is CC(C)(C)OC(=O)N1C[C@@H]2CN(c3ccc4ncc(Br)n4n3)C[C@@H]2C1. The molecule has 0 unspecified atom stereocenters. The Hall–Kier alpha value is -1.83. The zero-order valence-corrected chi connectivity index (χ0v) is 16.2. The van der Waals surface area contributed by atoms with Gasteiger partial charge in [0.25, 0.3) is 0 Å². The van der Waals surface area contributed by atoms with Crippen LogP contribution in [0.1, 0.15) is 20.8 Å². The number of nitrogens with zero attached hydrogens (tertiary/aromatic N) is 5. The second-order valence-corrected chi connectivity index (χ2v) is 8.67. The van der Waals surface area contributed by atoms with E-state index in [1.807, 2.05) is 37.8 Å². The van der Waals surface area contributed by atoms with Crippen LogP contribution < -0.4 is 4.90 Å². The Labute approximate surface area is 155 Å². The number of ether oxygens (including phenoxy) is 1. The first-order valence-corrected chi connectivity index (χ1v) is 9.32. The maximum absolute atomic E-state index is 12.3. The molecule has 1 amide bonds. The summed E-state index contributed by atoms with van der Waals surface area (Å²) in [6, 6.07) is 4.00. The molecule has 7 nitrogen and oxygen atoms in total. The molecule has 8 heteroatoms. The summed E-state index contributed by atoms with van der Waals surface area (Å²) in [5.74, 6) is 1.89. The zero-order valence-electron chi connectivity index (χ0n) is 14.6. The number of fused-ring (bicyclic) bond motifs is 2. The lowest BCUT2D eigenvalue weighted by Crippen LogP contribution is -2.37. The highest BCUT2D eigenvalue weighted by Gasteiger charge is 2.43. The summed E-state index contributed by atoms with van der Waals surface area (Å²) in [7, 11) is 0. The van der Waals surface area contributed by atoms with Gasteiger partial charge in [0.2, 0.25) is 0 Å². The molecule has 2 atom stereocenters. The Kier molecular flexibility index (Phi) is 3.90. The van der Waals surface area contributed by atoms with E-state index in [1.54, 1.807) is 10.7 Å². The number of halogens is 1. The molecule has 0 aromatic carbocycles. The van der Waals surface area contributed by atoms with Gasteiger partial charge < -0.3 is 14.5 Å². The van der Waals surface area contributed by atoms with Crippen molar-refractivity contribution in [3.63, 3.8) is 0 Å². The van der Waals surface area contributed by atoms with E-state index < -0.39 is 5.60 Å². The monoisotopic (exact) mass is 407 g/mol. The topological polar surface area (TPSA) is 63.0 Å². The summed E-state index contributed by atoms with van der Waals surface area (Å²) in [4.78, 5) is 20.7. The molecule has 0 spiro atoms. The number of anilines is 1. The zero-order chi connectivity index (χ0) is 17.8. The average molecular weight is 408 g/mol. The van der Waals surface area contributed by atoms with Crippen LogP contribution in [-0.2, 0) is 4.74 Å². The second-order valence-electron chi connectivity index (χ2n) is 7.85. The van der Waals surface area contributed by atoms with Gasteiger partial charge in [-0.2, -0.15) is 0 Å². The normalized spacial score (nSPS) is 23.4. The van der Waals surface area contributed by atoms with E-state index in [1.165, 1.54) is 0 Å². The third-order valence-corrected chi connectivity index (χ3v) is 5.31. The third kappa shape index (κ3) is 3.19. The molecule has 2 aromatic heterocycles. The molecule has 2 aromatic rings. The van der Waals surface area contributed by atoms with Crippen molar-refractivity contribution < 1.29 is 9.53 Å².